The highest BCUT2D eigenvalue weighted by atomic mass is 16.2. The van der Waals surface area contributed by atoms with E-state index in [4.69, 9.17) is 5.73 Å². The van der Waals surface area contributed by atoms with Gasteiger partial charge in [-0.2, -0.15) is 0 Å². The number of carbonyl (C=O) groups excluding carboxylic acids is 1. The average molecular weight is 192 g/mol. The van der Waals surface area contributed by atoms with E-state index in [0.29, 0.717) is 6.42 Å². The molecule has 0 radical (unpaired) electrons. The van der Waals surface area contributed by atoms with Gasteiger partial charge < -0.3 is 5.73 Å². The van der Waals surface area contributed by atoms with Crippen LogP contribution in [0, 0.1) is 0 Å². The van der Waals surface area contributed by atoms with Gasteiger partial charge >= 0.3 is 0 Å². The maximum Gasteiger partial charge on any atom is 0.227 e. The number of para-hydroxylation sites is 1. The third kappa shape index (κ3) is 2.33. The standard InChI is InChI=1S/C11H16N2O/c1-3-11(14)13(9(2)12)10-7-5-4-6-8-10/h4-9H,3,12H2,1-2H3. The van der Waals surface area contributed by atoms with Crippen LogP contribution in [0.25, 0.3) is 0 Å². The largest absolute Gasteiger partial charge is 0.311 e. The van der Waals surface area contributed by atoms with Crippen LogP contribution >= 0.6 is 0 Å². The number of carbonyl (C=O) groups is 1. The fraction of sp³-hybridized carbons (Fsp3) is 0.364. The van der Waals surface area contributed by atoms with Crippen molar-refractivity contribution in [2.45, 2.75) is 26.4 Å². The van der Waals surface area contributed by atoms with E-state index in [9.17, 15) is 4.79 Å². The molecule has 1 atom stereocenters. The Balaban J connectivity index is 2.95. The molecule has 0 spiro atoms. The third-order valence-electron chi connectivity index (χ3n) is 2.01. The quantitative estimate of drug-likeness (QED) is 0.741. The molecule has 0 fully saturated rings. The van der Waals surface area contributed by atoms with Crippen LogP contribution in [-0.4, -0.2) is 12.1 Å². The Bertz CT molecular complexity index is 295. The van der Waals surface area contributed by atoms with Crippen LogP contribution < -0.4 is 10.6 Å². The number of anilines is 1. The maximum atomic E-state index is 11.6. The third-order valence-corrected chi connectivity index (χ3v) is 2.01. The molecule has 0 saturated heterocycles. The summed E-state index contributed by atoms with van der Waals surface area (Å²) in [5, 5.41) is 0. The van der Waals surface area contributed by atoms with Gasteiger partial charge in [-0.15, -0.1) is 0 Å². The van der Waals surface area contributed by atoms with Crippen molar-refractivity contribution < 1.29 is 4.79 Å². The van der Waals surface area contributed by atoms with Crippen molar-refractivity contribution in [3.05, 3.63) is 30.3 Å². The summed E-state index contributed by atoms with van der Waals surface area (Å²) in [7, 11) is 0. The Morgan fingerprint density at radius 3 is 2.43 bits per heavy atom. The lowest BCUT2D eigenvalue weighted by Gasteiger charge is -2.26. The molecule has 0 aliphatic heterocycles. The van der Waals surface area contributed by atoms with Crippen LogP contribution in [0.1, 0.15) is 20.3 Å². The van der Waals surface area contributed by atoms with Gasteiger partial charge in [-0.05, 0) is 19.1 Å². The molecule has 0 heterocycles. The normalized spacial score (nSPS) is 12.2. The second kappa shape index (κ2) is 4.77. The zero-order valence-electron chi connectivity index (χ0n) is 8.60. The van der Waals surface area contributed by atoms with Gasteiger partial charge in [0.15, 0.2) is 0 Å². The summed E-state index contributed by atoms with van der Waals surface area (Å²) in [5.41, 5.74) is 6.61. The lowest BCUT2D eigenvalue weighted by atomic mass is 10.2. The van der Waals surface area contributed by atoms with Gasteiger partial charge in [-0.25, -0.2) is 0 Å². The minimum Gasteiger partial charge on any atom is -0.311 e. The first-order valence-electron chi connectivity index (χ1n) is 4.79. The van der Waals surface area contributed by atoms with Crippen LogP contribution in [0.3, 0.4) is 0 Å². The topological polar surface area (TPSA) is 46.3 Å². The van der Waals surface area contributed by atoms with E-state index in [0.717, 1.165) is 5.69 Å². The fourth-order valence-electron chi connectivity index (χ4n) is 1.37. The summed E-state index contributed by atoms with van der Waals surface area (Å²) in [6.07, 6.45) is 0.182. The van der Waals surface area contributed by atoms with Crippen molar-refractivity contribution in [1.29, 1.82) is 0 Å². The van der Waals surface area contributed by atoms with Crippen LogP contribution in [0.5, 0.6) is 0 Å². The van der Waals surface area contributed by atoms with Crippen molar-refractivity contribution in [3.8, 4) is 0 Å². The molecule has 1 aromatic carbocycles. The number of hydrogen-bond acceptors (Lipinski definition) is 2. The number of rotatable bonds is 3. The molecule has 3 heteroatoms. The molecule has 1 unspecified atom stereocenters. The molecule has 2 N–H and O–H groups in total. The molecule has 14 heavy (non-hydrogen) atoms. The molecular formula is C11H16N2O. The Hall–Kier alpha value is -1.35. The van der Waals surface area contributed by atoms with E-state index < -0.39 is 0 Å². The summed E-state index contributed by atoms with van der Waals surface area (Å²) in [5.74, 6) is 0.0474. The van der Waals surface area contributed by atoms with E-state index in [1.807, 2.05) is 37.3 Å². The molecule has 1 aromatic rings. The Morgan fingerprint density at radius 2 is 2.00 bits per heavy atom. The van der Waals surface area contributed by atoms with Crippen molar-refractivity contribution in [3.63, 3.8) is 0 Å². The van der Waals surface area contributed by atoms with Crippen LogP contribution in [-0.2, 0) is 4.79 Å². The van der Waals surface area contributed by atoms with Crippen LogP contribution in [0.2, 0.25) is 0 Å². The van der Waals surface area contributed by atoms with Gasteiger partial charge in [0.25, 0.3) is 0 Å². The number of hydrogen-bond donors (Lipinski definition) is 1. The van der Waals surface area contributed by atoms with Gasteiger partial charge in [0.05, 0.1) is 6.17 Å². The zero-order chi connectivity index (χ0) is 10.6. The highest BCUT2D eigenvalue weighted by Crippen LogP contribution is 2.15. The summed E-state index contributed by atoms with van der Waals surface area (Å²) in [4.78, 5) is 13.2. The Kier molecular flexibility index (Phi) is 3.65. The molecule has 0 aliphatic rings. The number of amides is 1. The zero-order valence-corrected chi connectivity index (χ0v) is 8.60. The number of benzene rings is 1. The second-order valence-electron chi connectivity index (χ2n) is 3.19. The Morgan fingerprint density at radius 1 is 1.43 bits per heavy atom. The van der Waals surface area contributed by atoms with E-state index in [-0.39, 0.29) is 12.1 Å². The minimum absolute atomic E-state index is 0.0474. The maximum absolute atomic E-state index is 11.6. The fourth-order valence-corrected chi connectivity index (χ4v) is 1.37. The van der Waals surface area contributed by atoms with Crippen molar-refractivity contribution >= 4 is 11.6 Å². The predicted molar refractivity (Wildman–Crippen MR) is 57.9 cm³/mol. The summed E-state index contributed by atoms with van der Waals surface area (Å²) in [6.45, 7) is 3.64. The summed E-state index contributed by atoms with van der Waals surface area (Å²) in [6, 6.07) is 9.48. The van der Waals surface area contributed by atoms with E-state index in [1.165, 1.54) is 0 Å². The first-order chi connectivity index (χ1) is 6.66. The number of nitrogens with zero attached hydrogens (tertiary/aromatic N) is 1. The van der Waals surface area contributed by atoms with Crippen molar-refractivity contribution in [1.82, 2.24) is 0 Å². The highest BCUT2D eigenvalue weighted by Gasteiger charge is 2.16. The van der Waals surface area contributed by atoms with Gasteiger partial charge in [0.1, 0.15) is 0 Å². The lowest BCUT2D eigenvalue weighted by molar-refractivity contribution is -0.118. The van der Waals surface area contributed by atoms with Crippen LogP contribution in [0.15, 0.2) is 30.3 Å². The SMILES string of the molecule is CCC(=O)N(c1ccccc1)C(C)N. The molecule has 1 amide bonds. The smallest absolute Gasteiger partial charge is 0.227 e. The van der Waals surface area contributed by atoms with Gasteiger partial charge in [-0.1, -0.05) is 25.1 Å². The molecule has 0 saturated carbocycles. The predicted octanol–water partition coefficient (Wildman–Crippen LogP) is 1.73. The van der Waals surface area contributed by atoms with Crippen molar-refractivity contribution in [2.24, 2.45) is 5.73 Å². The monoisotopic (exact) mass is 192 g/mol. The van der Waals surface area contributed by atoms with E-state index >= 15 is 0 Å². The molecular weight excluding hydrogens is 176 g/mol. The van der Waals surface area contributed by atoms with E-state index in [1.54, 1.807) is 11.8 Å². The van der Waals surface area contributed by atoms with Gasteiger partial charge in [0.2, 0.25) is 5.91 Å². The molecule has 76 valence electrons. The first-order valence-corrected chi connectivity index (χ1v) is 4.79. The molecule has 0 aromatic heterocycles. The van der Waals surface area contributed by atoms with Gasteiger partial charge in [0, 0.05) is 12.1 Å². The van der Waals surface area contributed by atoms with E-state index in [2.05, 4.69) is 0 Å². The lowest BCUT2D eigenvalue weighted by Crippen LogP contribution is -2.43. The van der Waals surface area contributed by atoms with Crippen molar-refractivity contribution in [2.75, 3.05) is 4.90 Å². The molecule has 0 bridgehead atoms. The molecule has 0 aliphatic carbocycles. The van der Waals surface area contributed by atoms with Crippen LogP contribution in [0.4, 0.5) is 5.69 Å². The summed E-state index contributed by atoms with van der Waals surface area (Å²) < 4.78 is 0. The Labute approximate surface area is 84.5 Å². The van der Waals surface area contributed by atoms with Gasteiger partial charge in [-0.3, -0.25) is 9.69 Å². The summed E-state index contributed by atoms with van der Waals surface area (Å²) >= 11 is 0. The first kappa shape index (κ1) is 10.7. The second-order valence-corrected chi connectivity index (χ2v) is 3.19. The highest BCUT2D eigenvalue weighted by molar-refractivity contribution is 5.93. The molecule has 3 nitrogen and oxygen atoms in total. The molecule has 1 rings (SSSR count). The minimum atomic E-state index is -0.287. The average Bonchev–Trinajstić information content (AvgIpc) is 2.19. The number of nitrogens with two attached hydrogens (primary N) is 1.